The van der Waals surface area contributed by atoms with Gasteiger partial charge in [-0.05, 0) is 77.0 Å². The smallest absolute Gasteiger partial charge is 0.178 e. The fourth-order valence-corrected chi connectivity index (χ4v) is 9.79. The van der Waals surface area contributed by atoms with Gasteiger partial charge < -0.3 is 38.4 Å². The molecule has 4 aliphatic heterocycles. The average Bonchev–Trinajstić information content (AvgIpc) is 3.49. The summed E-state index contributed by atoms with van der Waals surface area (Å²) in [6, 6.07) is 29.6. The number of benzene rings is 5. The molecule has 4 heterocycles. The van der Waals surface area contributed by atoms with Crippen LogP contribution in [0.1, 0.15) is 47.2 Å². The van der Waals surface area contributed by atoms with Gasteiger partial charge in [-0.25, -0.2) is 0 Å². The highest BCUT2D eigenvalue weighted by Gasteiger charge is 2.45. The van der Waals surface area contributed by atoms with Crippen molar-refractivity contribution >= 4 is 33.9 Å². The minimum atomic E-state index is -0.885. The molecule has 0 spiro atoms. The predicted octanol–water partition coefficient (Wildman–Crippen LogP) is 8.32. The minimum Gasteiger partial charge on any atom is -0.495 e. The molecule has 0 unspecified atom stereocenters. The van der Waals surface area contributed by atoms with Gasteiger partial charge in [0.1, 0.15) is 11.5 Å². The van der Waals surface area contributed by atoms with Crippen LogP contribution < -0.4 is 24.2 Å². The Balaban J connectivity index is 1.19. The van der Waals surface area contributed by atoms with Crippen LogP contribution in [-0.2, 0) is 25.2 Å². The van der Waals surface area contributed by atoms with Crippen molar-refractivity contribution in [1.82, 2.24) is 0 Å². The Hall–Kier alpha value is -5.02. The first-order chi connectivity index (χ1) is 27.4. The molecule has 3 fully saturated rings. The van der Waals surface area contributed by atoms with E-state index in [-0.39, 0.29) is 5.41 Å². The molecule has 288 valence electrons. The largest absolute Gasteiger partial charge is 0.495 e. The molecule has 0 radical (unpaired) electrons. The van der Waals surface area contributed by atoms with Crippen LogP contribution in [-0.4, -0.2) is 86.0 Å². The van der Waals surface area contributed by atoms with Gasteiger partial charge in [-0.2, -0.15) is 0 Å². The molecule has 0 amide bonds. The number of rotatable bonds is 6. The fraction of sp³-hybridized carbons (Fsp3) is 0.375. The maximum Gasteiger partial charge on any atom is 0.178 e. The van der Waals surface area contributed by atoms with E-state index < -0.39 is 5.60 Å². The lowest BCUT2D eigenvalue weighted by Gasteiger charge is -2.39. The maximum atomic E-state index is 7.76. The van der Waals surface area contributed by atoms with E-state index in [1.165, 1.54) is 44.6 Å². The van der Waals surface area contributed by atoms with Gasteiger partial charge in [0, 0.05) is 78.1 Å². The fourth-order valence-electron chi connectivity index (χ4n) is 9.79. The summed E-state index contributed by atoms with van der Waals surface area (Å²) >= 11 is 0. The van der Waals surface area contributed by atoms with Gasteiger partial charge in [0.2, 0.25) is 0 Å². The van der Waals surface area contributed by atoms with Crippen molar-refractivity contribution in [2.24, 2.45) is 0 Å². The van der Waals surface area contributed by atoms with E-state index in [4.69, 9.17) is 23.7 Å². The summed E-state index contributed by atoms with van der Waals surface area (Å²) in [7, 11) is 1.78. The molecular weight excluding hydrogens is 699 g/mol. The second kappa shape index (κ2) is 13.9. The Bertz CT molecular complexity index is 2250. The molecular formula is C48H51N3O5. The van der Waals surface area contributed by atoms with Crippen LogP contribution in [0.25, 0.3) is 28.0 Å². The number of nitrogens with zero attached hydrogens (tertiary/aromatic N) is 3. The molecule has 56 heavy (non-hydrogen) atoms. The summed E-state index contributed by atoms with van der Waals surface area (Å²) in [5, 5.41) is 2.24. The summed E-state index contributed by atoms with van der Waals surface area (Å²) in [6.45, 7) is 16.5. The topological polar surface area (TPSA) is 55.9 Å². The van der Waals surface area contributed by atoms with E-state index in [1.54, 1.807) is 7.11 Å². The van der Waals surface area contributed by atoms with E-state index in [0.29, 0.717) is 13.2 Å². The van der Waals surface area contributed by atoms with Crippen molar-refractivity contribution < 1.29 is 23.7 Å². The van der Waals surface area contributed by atoms with Gasteiger partial charge in [0.05, 0.1) is 52.4 Å². The number of fused-ring (bicyclic) bond motifs is 8. The molecule has 5 aromatic rings. The molecule has 8 heteroatoms. The molecule has 5 aromatic carbocycles. The standard InChI is InChI=1S/C48H51N3O5/c1-32-5-14-37-41(29-32)47(2,3)45-38-15-16-48(33-6-10-35(11-7-33)49-17-23-53-24-18-49,34-8-12-36(13-9-34)50-19-25-54-26-20-50)56-46(38)40-31-43(52-4)42(30-39(40)44(37)45)51-21-27-55-28-22-51/h5-16,29-31H,17-28H2,1-4H3. The molecule has 8 nitrogen and oxygen atoms in total. The van der Waals surface area contributed by atoms with Crippen molar-refractivity contribution in [2.75, 3.05) is 101 Å². The average molecular weight is 750 g/mol. The molecule has 0 aromatic heterocycles. The Morgan fingerprint density at radius 3 is 1.73 bits per heavy atom. The van der Waals surface area contributed by atoms with E-state index in [9.17, 15) is 0 Å². The second-order valence-electron chi connectivity index (χ2n) is 16.3. The van der Waals surface area contributed by atoms with E-state index in [2.05, 4.69) is 126 Å². The number of aryl methyl sites for hydroxylation is 1. The van der Waals surface area contributed by atoms with E-state index >= 15 is 0 Å². The molecule has 5 aliphatic rings. The van der Waals surface area contributed by atoms with Gasteiger partial charge in [0.15, 0.2) is 5.60 Å². The summed E-state index contributed by atoms with van der Waals surface area (Å²) < 4.78 is 31.1. The molecule has 0 saturated carbocycles. The summed E-state index contributed by atoms with van der Waals surface area (Å²) in [5.74, 6) is 1.73. The minimum absolute atomic E-state index is 0.249. The number of ether oxygens (including phenoxy) is 5. The zero-order valence-electron chi connectivity index (χ0n) is 33.0. The third-order valence-corrected chi connectivity index (χ3v) is 12.8. The number of hydrogen-bond acceptors (Lipinski definition) is 8. The van der Waals surface area contributed by atoms with Crippen LogP contribution in [0.5, 0.6) is 11.5 Å². The lowest BCUT2D eigenvalue weighted by Crippen LogP contribution is -2.37. The lowest BCUT2D eigenvalue weighted by molar-refractivity contribution is 0.122. The first-order valence-corrected chi connectivity index (χ1v) is 20.3. The number of methoxy groups -OCH3 is 1. The predicted molar refractivity (Wildman–Crippen MR) is 225 cm³/mol. The first-order valence-electron chi connectivity index (χ1n) is 20.3. The molecule has 0 atom stereocenters. The lowest BCUT2D eigenvalue weighted by atomic mass is 9.76. The number of hydrogen-bond donors (Lipinski definition) is 0. The van der Waals surface area contributed by atoms with Crippen molar-refractivity contribution in [1.29, 1.82) is 0 Å². The molecule has 0 bridgehead atoms. The zero-order valence-corrected chi connectivity index (χ0v) is 33.0. The molecule has 10 rings (SSSR count). The van der Waals surface area contributed by atoms with Crippen molar-refractivity contribution in [3.05, 3.63) is 118 Å². The number of anilines is 3. The first kappa shape index (κ1) is 35.4. The molecule has 0 N–H and O–H groups in total. The van der Waals surface area contributed by atoms with Crippen LogP contribution >= 0.6 is 0 Å². The normalized spacial score (nSPS) is 19.7. The monoisotopic (exact) mass is 749 g/mol. The summed E-state index contributed by atoms with van der Waals surface area (Å²) in [5.41, 5.74) is 12.2. The van der Waals surface area contributed by atoms with Crippen LogP contribution in [0.2, 0.25) is 0 Å². The summed E-state index contributed by atoms with van der Waals surface area (Å²) in [4.78, 5) is 7.21. The van der Waals surface area contributed by atoms with Gasteiger partial charge in [-0.1, -0.05) is 68.0 Å². The summed E-state index contributed by atoms with van der Waals surface area (Å²) in [6.07, 6.45) is 4.66. The van der Waals surface area contributed by atoms with Crippen molar-refractivity contribution in [3.63, 3.8) is 0 Å². The maximum absolute atomic E-state index is 7.76. The van der Waals surface area contributed by atoms with Crippen LogP contribution in [0.3, 0.4) is 0 Å². The van der Waals surface area contributed by atoms with E-state index in [1.807, 2.05) is 0 Å². The third-order valence-electron chi connectivity index (χ3n) is 12.8. The SMILES string of the molecule is COc1cc2c3c(c4c(c2cc1N1CCOCC1)-c1ccc(C)cc1C4(C)C)C=CC(c1ccc(N2CCOCC2)cc1)(c1ccc(N2CCOCC2)cc1)O3. The Morgan fingerprint density at radius 1 is 0.625 bits per heavy atom. The Morgan fingerprint density at radius 2 is 1.18 bits per heavy atom. The van der Waals surface area contributed by atoms with Gasteiger partial charge >= 0.3 is 0 Å². The van der Waals surface area contributed by atoms with Crippen LogP contribution in [0.15, 0.2) is 84.9 Å². The quantitative estimate of drug-likeness (QED) is 0.172. The van der Waals surface area contributed by atoms with Crippen molar-refractivity contribution in [3.8, 4) is 22.6 Å². The van der Waals surface area contributed by atoms with Gasteiger partial charge in [-0.3, -0.25) is 0 Å². The second-order valence-corrected chi connectivity index (χ2v) is 16.3. The van der Waals surface area contributed by atoms with Crippen molar-refractivity contribution in [2.45, 2.75) is 31.8 Å². The highest BCUT2D eigenvalue weighted by atomic mass is 16.5. The Labute approximate surface area is 330 Å². The highest BCUT2D eigenvalue weighted by Crippen LogP contribution is 2.59. The van der Waals surface area contributed by atoms with E-state index in [0.717, 1.165) is 105 Å². The zero-order chi connectivity index (χ0) is 38.0. The number of morpholine rings is 3. The Kier molecular flexibility index (Phi) is 8.77. The van der Waals surface area contributed by atoms with Crippen LogP contribution in [0, 0.1) is 6.92 Å². The van der Waals surface area contributed by atoms with Gasteiger partial charge in [-0.15, -0.1) is 0 Å². The molecule has 3 saturated heterocycles. The molecule has 1 aliphatic carbocycles. The van der Waals surface area contributed by atoms with Gasteiger partial charge in [0.25, 0.3) is 0 Å². The highest BCUT2D eigenvalue weighted by molar-refractivity contribution is 6.10. The third kappa shape index (κ3) is 5.67. The van der Waals surface area contributed by atoms with Crippen LogP contribution in [0.4, 0.5) is 17.1 Å².